The SMILES string of the molecule is Cc1ccccc1C(=O)N(CC(=O)Nc1nc(CC(=O)NCc2ccc(F)cc2)cs1)CC(C)C. The fourth-order valence-electron chi connectivity index (χ4n) is 3.45. The molecule has 0 aliphatic heterocycles. The zero-order valence-electron chi connectivity index (χ0n) is 20.0. The summed E-state index contributed by atoms with van der Waals surface area (Å²) in [6, 6.07) is 13.2. The quantitative estimate of drug-likeness (QED) is 0.440. The molecule has 9 heteroatoms. The highest BCUT2D eigenvalue weighted by Crippen LogP contribution is 2.17. The first-order chi connectivity index (χ1) is 16.7. The molecule has 0 saturated heterocycles. The van der Waals surface area contributed by atoms with Gasteiger partial charge in [-0.15, -0.1) is 11.3 Å². The Hall–Kier alpha value is -3.59. The predicted octanol–water partition coefficient (Wildman–Crippen LogP) is 4.19. The zero-order chi connectivity index (χ0) is 25.4. The first-order valence-corrected chi connectivity index (χ1v) is 12.2. The summed E-state index contributed by atoms with van der Waals surface area (Å²) in [5.41, 5.74) is 2.74. The molecule has 184 valence electrons. The molecule has 0 bridgehead atoms. The van der Waals surface area contributed by atoms with Gasteiger partial charge < -0.3 is 15.5 Å². The molecule has 2 aromatic carbocycles. The number of thiazole rings is 1. The number of halogens is 1. The van der Waals surface area contributed by atoms with Crippen LogP contribution in [0.5, 0.6) is 0 Å². The highest BCUT2D eigenvalue weighted by molar-refractivity contribution is 7.13. The largest absolute Gasteiger partial charge is 0.352 e. The van der Waals surface area contributed by atoms with Crippen LogP contribution in [0.4, 0.5) is 9.52 Å². The van der Waals surface area contributed by atoms with E-state index in [0.29, 0.717) is 22.9 Å². The number of hydrogen-bond donors (Lipinski definition) is 2. The van der Waals surface area contributed by atoms with Crippen molar-refractivity contribution in [3.63, 3.8) is 0 Å². The average Bonchev–Trinajstić information content (AvgIpc) is 3.24. The molecule has 3 aromatic rings. The van der Waals surface area contributed by atoms with E-state index in [1.807, 2.05) is 32.9 Å². The van der Waals surface area contributed by atoms with Crippen LogP contribution in [0.25, 0.3) is 0 Å². The van der Waals surface area contributed by atoms with Gasteiger partial charge in [0.1, 0.15) is 12.4 Å². The van der Waals surface area contributed by atoms with Crippen LogP contribution in [0.1, 0.15) is 41.0 Å². The number of amides is 3. The lowest BCUT2D eigenvalue weighted by Gasteiger charge is -2.24. The van der Waals surface area contributed by atoms with Crippen molar-refractivity contribution in [3.8, 4) is 0 Å². The number of rotatable bonds is 10. The molecule has 0 spiro atoms. The summed E-state index contributed by atoms with van der Waals surface area (Å²) >= 11 is 1.22. The Morgan fingerprint density at radius 2 is 1.77 bits per heavy atom. The second kappa shape index (κ2) is 12.2. The summed E-state index contributed by atoms with van der Waals surface area (Å²) in [5, 5.41) is 7.57. The molecular weight excluding hydrogens is 467 g/mol. The Kier molecular flexibility index (Phi) is 9.08. The van der Waals surface area contributed by atoms with Crippen molar-refractivity contribution in [2.45, 2.75) is 33.7 Å². The topological polar surface area (TPSA) is 91.4 Å². The molecule has 7 nitrogen and oxygen atoms in total. The molecule has 0 saturated carbocycles. The van der Waals surface area contributed by atoms with E-state index in [9.17, 15) is 18.8 Å². The van der Waals surface area contributed by atoms with Gasteiger partial charge in [0.15, 0.2) is 5.13 Å². The van der Waals surface area contributed by atoms with E-state index >= 15 is 0 Å². The summed E-state index contributed by atoms with van der Waals surface area (Å²) < 4.78 is 13.0. The normalized spacial score (nSPS) is 10.8. The maximum absolute atomic E-state index is 13.1. The second-order valence-electron chi connectivity index (χ2n) is 8.67. The van der Waals surface area contributed by atoms with Gasteiger partial charge in [0, 0.05) is 24.0 Å². The number of anilines is 1. The first-order valence-electron chi connectivity index (χ1n) is 11.3. The molecule has 0 aliphatic rings. The number of aryl methyl sites for hydroxylation is 1. The van der Waals surface area contributed by atoms with Gasteiger partial charge in [-0.25, -0.2) is 9.37 Å². The highest BCUT2D eigenvalue weighted by atomic mass is 32.1. The first kappa shape index (κ1) is 26.0. The summed E-state index contributed by atoms with van der Waals surface area (Å²) in [5.74, 6) is -0.914. The van der Waals surface area contributed by atoms with Crippen LogP contribution in [-0.4, -0.2) is 40.7 Å². The number of carbonyl (C=O) groups excluding carboxylic acids is 3. The van der Waals surface area contributed by atoms with Crippen LogP contribution < -0.4 is 10.6 Å². The Balaban J connectivity index is 1.54. The summed E-state index contributed by atoms with van der Waals surface area (Å²) in [6.07, 6.45) is 0.0544. The molecule has 2 N–H and O–H groups in total. The molecule has 0 fully saturated rings. The molecule has 0 atom stereocenters. The summed E-state index contributed by atoms with van der Waals surface area (Å²) in [7, 11) is 0. The second-order valence-corrected chi connectivity index (χ2v) is 9.52. The Morgan fingerprint density at radius 3 is 2.46 bits per heavy atom. The van der Waals surface area contributed by atoms with Crippen molar-refractivity contribution < 1.29 is 18.8 Å². The van der Waals surface area contributed by atoms with Crippen LogP contribution in [0.2, 0.25) is 0 Å². The third-order valence-electron chi connectivity index (χ3n) is 5.13. The van der Waals surface area contributed by atoms with Crippen LogP contribution in [0.15, 0.2) is 53.9 Å². The monoisotopic (exact) mass is 496 g/mol. The Labute approximate surface area is 208 Å². The van der Waals surface area contributed by atoms with Crippen LogP contribution >= 0.6 is 11.3 Å². The zero-order valence-corrected chi connectivity index (χ0v) is 20.8. The third-order valence-corrected chi connectivity index (χ3v) is 5.93. The predicted molar refractivity (Wildman–Crippen MR) is 135 cm³/mol. The number of nitrogens with zero attached hydrogens (tertiary/aromatic N) is 2. The number of aromatic nitrogens is 1. The Morgan fingerprint density at radius 1 is 1.06 bits per heavy atom. The molecule has 0 unspecified atom stereocenters. The van der Waals surface area contributed by atoms with Crippen molar-refractivity contribution in [2.75, 3.05) is 18.4 Å². The van der Waals surface area contributed by atoms with Crippen molar-refractivity contribution >= 4 is 34.2 Å². The van der Waals surface area contributed by atoms with Crippen molar-refractivity contribution in [1.29, 1.82) is 0 Å². The third kappa shape index (κ3) is 7.99. The van der Waals surface area contributed by atoms with Gasteiger partial charge in [-0.05, 0) is 42.2 Å². The smallest absolute Gasteiger partial charge is 0.254 e. The molecule has 1 aromatic heterocycles. The summed E-state index contributed by atoms with van der Waals surface area (Å²) in [6.45, 7) is 6.48. The lowest BCUT2D eigenvalue weighted by molar-refractivity contribution is -0.120. The minimum atomic E-state index is -0.353. The van der Waals surface area contributed by atoms with Crippen LogP contribution in [0, 0.1) is 18.7 Å². The minimum absolute atomic E-state index is 0.0544. The van der Waals surface area contributed by atoms with Gasteiger partial charge in [0.05, 0.1) is 12.1 Å². The van der Waals surface area contributed by atoms with E-state index in [4.69, 9.17) is 0 Å². The van der Waals surface area contributed by atoms with E-state index < -0.39 is 0 Å². The number of carbonyl (C=O) groups is 3. The van der Waals surface area contributed by atoms with Gasteiger partial charge in [0.2, 0.25) is 11.8 Å². The van der Waals surface area contributed by atoms with E-state index in [1.54, 1.807) is 34.5 Å². The summed E-state index contributed by atoms with van der Waals surface area (Å²) in [4.78, 5) is 43.8. The molecular formula is C26H29FN4O3S. The lowest BCUT2D eigenvalue weighted by atomic mass is 10.1. The van der Waals surface area contributed by atoms with Gasteiger partial charge >= 0.3 is 0 Å². The molecule has 3 rings (SSSR count). The van der Waals surface area contributed by atoms with Gasteiger partial charge in [-0.2, -0.15) is 0 Å². The molecule has 1 heterocycles. The number of hydrogen-bond acceptors (Lipinski definition) is 5. The maximum atomic E-state index is 13.1. The van der Waals surface area contributed by atoms with Crippen molar-refractivity contribution in [2.24, 2.45) is 5.92 Å². The van der Waals surface area contributed by atoms with E-state index in [0.717, 1.165) is 11.1 Å². The van der Waals surface area contributed by atoms with Crippen LogP contribution in [-0.2, 0) is 22.6 Å². The minimum Gasteiger partial charge on any atom is -0.352 e. The van der Waals surface area contributed by atoms with E-state index in [-0.39, 0.29) is 49.0 Å². The molecule has 3 amide bonds. The van der Waals surface area contributed by atoms with Gasteiger partial charge in [-0.1, -0.05) is 44.2 Å². The number of nitrogens with one attached hydrogen (secondary N) is 2. The van der Waals surface area contributed by atoms with Crippen molar-refractivity contribution in [1.82, 2.24) is 15.2 Å². The molecule has 0 radical (unpaired) electrons. The molecule has 35 heavy (non-hydrogen) atoms. The maximum Gasteiger partial charge on any atom is 0.254 e. The molecule has 0 aliphatic carbocycles. The van der Waals surface area contributed by atoms with E-state index in [2.05, 4.69) is 15.6 Å². The highest BCUT2D eigenvalue weighted by Gasteiger charge is 2.21. The lowest BCUT2D eigenvalue weighted by Crippen LogP contribution is -2.40. The standard InChI is InChI=1S/C26H29FN4O3S/c1-17(2)14-31(25(34)22-7-5-4-6-18(22)3)15-24(33)30-26-29-21(16-35-26)12-23(32)28-13-19-8-10-20(27)11-9-19/h4-11,16-17H,12-15H2,1-3H3,(H,28,32)(H,29,30,33). The van der Waals surface area contributed by atoms with Crippen molar-refractivity contribution in [3.05, 3.63) is 82.1 Å². The Bertz CT molecular complexity index is 1180. The van der Waals surface area contributed by atoms with Gasteiger partial charge in [0.25, 0.3) is 5.91 Å². The average molecular weight is 497 g/mol. The number of benzene rings is 2. The fraction of sp³-hybridized carbons (Fsp3) is 0.308. The fourth-order valence-corrected chi connectivity index (χ4v) is 4.18. The van der Waals surface area contributed by atoms with Crippen LogP contribution in [0.3, 0.4) is 0 Å². The van der Waals surface area contributed by atoms with E-state index in [1.165, 1.54) is 23.5 Å². The van der Waals surface area contributed by atoms with Gasteiger partial charge in [-0.3, -0.25) is 14.4 Å².